The molecule has 0 N–H and O–H groups in total. The predicted molar refractivity (Wildman–Crippen MR) is 228 cm³/mol. The smallest absolute Gasteiger partial charge is 0.0547 e. The number of nitrogens with zero attached hydrogens (tertiary/aromatic N) is 2. The van der Waals surface area contributed by atoms with Crippen molar-refractivity contribution >= 4 is 81.5 Å². The first-order valence-electron chi connectivity index (χ1n) is 18.3. The molecular weight excluding hydrogens is 641 g/mol. The van der Waals surface area contributed by atoms with E-state index in [1.807, 2.05) is 0 Å². The summed E-state index contributed by atoms with van der Waals surface area (Å²) in [6.45, 7) is 6.30. The van der Waals surface area contributed by atoms with Crippen LogP contribution in [0, 0.1) is 0 Å². The van der Waals surface area contributed by atoms with Crippen molar-refractivity contribution in [2.24, 2.45) is 0 Å². The van der Waals surface area contributed by atoms with Gasteiger partial charge in [0.25, 0.3) is 0 Å². The molecule has 2 heteroatoms. The maximum atomic E-state index is 4.23. The Hall–Kier alpha value is -6.90. The van der Waals surface area contributed by atoms with Gasteiger partial charge in [0.1, 0.15) is 0 Å². The van der Waals surface area contributed by atoms with E-state index in [-0.39, 0.29) is 0 Å². The first-order chi connectivity index (χ1) is 26.1. The molecule has 0 aliphatic carbocycles. The molecule has 2 nitrogen and oxygen atoms in total. The van der Waals surface area contributed by atoms with Crippen molar-refractivity contribution in [2.75, 3.05) is 0 Å². The Bertz CT molecular complexity index is 3270. The highest BCUT2D eigenvalue weighted by atomic mass is 15.0. The average Bonchev–Trinajstić information content (AvgIpc) is 3.73. The number of para-hydroxylation sites is 2. The highest BCUT2D eigenvalue weighted by Crippen LogP contribution is 2.41. The van der Waals surface area contributed by atoms with Gasteiger partial charge in [0.05, 0.1) is 22.1 Å². The van der Waals surface area contributed by atoms with Gasteiger partial charge in [-0.05, 0) is 117 Å². The van der Waals surface area contributed by atoms with Crippen LogP contribution in [-0.2, 0) is 0 Å². The monoisotopic (exact) mass is 674 g/mol. The number of fused-ring (bicyclic) bond motifs is 12. The lowest BCUT2D eigenvalue weighted by Crippen LogP contribution is -1.94. The van der Waals surface area contributed by atoms with Crippen molar-refractivity contribution in [3.63, 3.8) is 0 Å². The Balaban J connectivity index is 1.13. The molecule has 0 radical (unpaired) electrons. The van der Waals surface area contributed by atoms with E-state index < -0.39 is 0 Å². The predicted octanol–water partition coefficient (Wildman–Crippen LogP) is 14.0. The highest BCUT2D eigenvalue weighted by Gasteiger charge is 2.18. The first-order valence-corrected chi connectivity index (χ1v) is 18.3. The zero-order valence-corrected chi connectivity index (χ0v) is 29.3. The summed E-state index contributed by atoms with van der Waals surface area (Å²) >= 11 is 0. The summed E-state index contributed by atoms with van der Waals surface area (Å²) in [6.07, 6.45) is 0. The molecule has 0 saturated heterocycles. The minimum Gasteiger partial charge on any atom is -0.309 e. The summed E-state index contributed by atoms with van der Waals surface area (Å²) in [5.41, 5.74) is 11.8. The van der Waals surface area contributed by atoms with Gasteiger partial charge in [-0.15, -0.1) is 0 Å². The fourth-order valence-electron chi connectivity index (χ4n) is 8.79. The first kappa shape index (κ1) is 29.8. The van der Waals surface area contributed by atoms with Crippen molar-refractivity contribution in [3.8, 4) is 22.5 Å². The number of benzene rings is 9. The van der Waals surface area contributed by atoms with E-state index in [4.69, 9.17) is 0 Å². The molecule has 2 aromatic heterocycles. The van der Waals surface area contributed by atoms with Gasteiger partial charge in [-0.2, -0.15) is 0 Å². The van der Waals surface area contributed by atoms with Crippen molar-refractivity contribution in [3.05, 3.63) is 188 Å². The van der Waals surface area contributed by atoms with Crippen molar-refractivity contribution < 1.29 is 0 Å². The molecule has 53 heavy (non-hydrogen) atoms. The van der Waals surface area contributed by atoms with Crippen molar-refractivity contribution in [2.45, 2.75) is 6.92 Å². The zero-order chi connectivity index (χ0) is 35.2. The normalized spacial score (nSPS) is 11.9. The van der Waals surface area contributed by atoms with Gasteiger partial charge in [-0.1, -0.05) is 127 Å². The lowest BCUT2D eigenvalue weighted by atomic mass is 9.94. The average molecular weight is 675 g/mol. The molecule has 248 valence electrons. The van der Waals surface area contributed by atoms with Crippen molar-refractivity contribution in [1.29, 1.82) is 0 Å². The SMILES string of the molecule is C=C(C)c1ccc2c(c1)c1ccc(-c3ccc4c(c3)c3ccccc3n4-c3ccc4c5ccccc5c5ccccc5c4c3)cc1n2-c1ccccc1. The summed E-state index contributed by atoms with van der Waals surface area (Å²) < 4.78 is 4.83. The second-order valence-corrected chi connectivity index (χ2v) is 14.3. The Morgan fingerprint density at radius 3 is 1.55 bits per heavy atom. The standard InChI is InChI=1S/C51H34N2/c1-32(2)33-21-26-49-46(28-33)44-24-20-35(30-51(44)52(49)36-12-4-3-5-13-36)34-22-27-50-47(29-34)43-18-10-11-19-48(43)53(50)37-23-25-42-40-16-7-6-14-38(40)39-15-8-9-17-41(39)45(42)31-37/h3-31H,1H2,2H3. The third kappa shape index (κ3) is 4.39. The van der Waals surface area contributed by atoms with E-state index in [9.17, 15) is 0 Å². The Labute approximate surface area is 307 Å². The number of rotatable bonds is 4. The molecule has 0 amide bonds. The molecule has 0 aliphatic heterocycles. The molecule has 11 rings (SSSR count). The summed E-state index contributed by atoms with van der Waals surface area (Å²) in [5, 5.41) is 12.7. The Morgan fingerprint density at radius 1 is 0.340 bits per heavy atom. The van der Waals surface area contributed by atoms with Crippen LogP contribution in [0.1, 0.15) is 12.5 Å². The maximum absolute atomic E-state index is 4.23. The van der Waals surface area contributed by atoms with Gasteiger partial charge >= 0.3 is 0 Å². The molecule has 0 saturated carbocycles. The molecule has 0 atom stereocenters. The van der Waals surface area contributed by atoms with Gasteiger partial charge < -0.3 is 9.13 Å². The van der Waals surface area contributed by atoms with Crippen LogP contribution in [0.25, 0.3) is 104 Å². The van der Waals surface area contributed by atoms with Gasteiger partial charge in [0.2, 0.25) is 0 Å². The lowest BCUT2D eigenvalue weighted by molar-refractivity contribution is 1.18. The fourth-order valence-corrected chi connectivity index (χ4v) is 8.79. The third-order valence-electron chi connectivity index (χ3n) is 11.3. The molecule has 0 aliphatic rings. The molecule has 9 aromatic carbocycles. The van der Waals surface area contributed by atoms with E-state index in [1.165, 1.54) is 98.3 Å². The number of hydrogen-bond acceptors (Lipinski definition) is 0. The number of allylic oxidation sites excluding steroid dienone is 1. The topological polar surface area (TPSA) is 9.86 Å². The van der Waals surface area contributed by atoms with Crippen LogP contribution in [0.2, 0.25) is 0 Å². The second-order valence-electron chi connectivity index (χ2n) is 14.3. The maximum Gasteiger partial charge on any atom is 0.0547 e. The molecule has 0 fully saturated rings. The molecule has 0 spiro atoms. The molecule has 0 bridgehead atoms. The van der Waals surface area contributed by atoms with Crippen molar-refractivity contribution in [1.82, 2.24) is 9.13 Å². The molecule has 0 unspecified atom stereocenters. The largest absolute Gasteiger partial charge is 0.309 e. The van der Waals surface area contributed by atoms with E-state index in [0.29, 0.717) is 0 Å². The van der Waals surface area contributed by atoms with Gasteiger partial charge in [-0.3, -0.25) is 0 Å². The van der Waals surface area contributed by atoms with Crippen LogP contribution >= 0.6 is 0 Å². The Kier molecular flexibility index (Phi) is 6.35. The zero-order valence-electron chi connectivity index (χ0n) is 29.3. The molecule has 2 heterocycles. The molecule has 11 aromatic rings. The van der Waals surface area contributed by atoms with Gasteiger partial charge in [-0.25, -0.2) is 0 Å². The summed E-state index contributed by atoms with van der Waals surface area (Å²) in [4.78, 5) is 0. The number of aromatic nitrogens is 2. The number of hydrogen-bond donors (Lipinski definition) is 0. The quantitative estimate of drug-likeness (QED) is 0.164. The lowest BCUT2D eigenvalue weighted by Gasteiger charge is -2.14. The van der Waals surface area contributed by atoms with Crippen LogP contribution in [0.15, 0.2) is 183 Å². The molecular formula is C51H34N2. The third-order valence-corrected chi connectivity index (χ3v) is 11.3. The van der Waals surface area contributed by atoms with Gasteiger partial charge in [0, 0.05) is 32.9 Å². The van der Waals surface area contributed by atoms with E-state index in [0.717, 1.165) is 11.3 Å². The van der Waals surface area contributed by atoms with Crippen LogP contribution in [0.4, 0.5) is 0 Å². The van der Waals surface area contributed by atoms with E-state index in [2.05, 4.69) is 199 Å². The van der Waals surface area contributed by atoms with Crippen LogP contribution in [0.3, 0.4) is 0 Å². The van der Waals surface area contributed by atoms with Crippen LogP contribution in [0.5, 0.6) is 0 Å². The summed E-state index contributed by atoms with van der Waals surface area (Å²) in [5.74, 6) is 0. The minimum absolute atomic E-state index is 1.07. The minimum atomic E-state index is 1.07. The van der Waals surface area contributed by atoms with Crippen LogP contribution < -0.4 is 0 Å². The van der Waals surface area contributed by atoms with Gasteiger partial charge in [0.15, 0.2) is 0 Å². The highest BCUT2D eigenvalue weighted by molar-refractivity contribution is 6.25. The fraction of sp³-hybridized carbons (Fsp3) is 0.0196. The van der Waals surface area contributed by atoms with E-state index >= 15 is 0 Å². The summed E-state index contributed by atoms with van der Waals surface area (Å²) in [6, 6.07) is 64.7. The second kappa shape index (κ2) is 11.3. The Morgan fingerprint density at radius 2 is 0.830 bits per heavy atom. The van der Waals surface area contributed by atoms with E-state index in [1.54, 1.807) is 0 Å². The summed E-state index contributed by atoms with van der Waals surface area (Å²) in [7, 11) is 0. The van der Waals surface area contributed by atoms with Crippen LogP contribution in [-0.4, -0.2) is 9.13 Å².